The fraction of sp³-hybridized carbons (Fsp3) is 0.0714. The second-order valence-electron chi connectivity index (χ2n) is 3.83. The lowest BCUT2D eigenvalue weighted by atomic mass is 10.1. The van der Waals surface area contributed by atoms with Gasteiger partial charge in [-0.25, -0.2) is 0 Å². The summed E-state index contributed by atoms with van der Waals surface area (Å²) in [4.78, 5) is 11.9. The third-order valence-electron chi connectivity index (χ3n) is 2.62. The molecule has 1 aromatic heterocycles. The van der Waals surface area contributed by atoms with Gasteiger partial charge in [-0.15, -0.1) is 0 Å². The molecule has 2 nitrogen and oxygen atoms in total. The lowest BCUT2D eigenvalue weighted by molar-refractivity contribution is 0.104. The Kier molecular flexibility index (Phi) is 4.19. The SMILES string of the molecule is Cn1c(/C=C/C(=O)c2ccccc2)cc(Br)c1Br. The highest BCUT2D eigenvalue weighted by molar-refractivity contribution is 9.13. The first-order chi connectivity index (χ1) is 8.59. The maximum Gasteiger partial charge on any atom is 0.185 e. The number of hydrogen-bond donors (Lipinski definition) is 0. The zero-order valence-electron chi connectivity index (χ0n) is 9.73. The number of rotatable bonds is 3. The van der Waals surface area contributed by atoms with Crippen molar-refractivity contribution in [3.63, 3.8) is 0 Å². The van der Waals surface area contributed by atoms with Gasteiger partial charge >= 0.3 is 0 Å². The summed E-state index contributed by atoms with van der Waals surface area (Å²) in [7, 11) is 1.93. The molecule has 0 aliphatic rings. The molecular weight excluding hydrogens is 358 g/mol. The highest BCUT2D eigenvalue weighted by Gasteiger charge is 2.06. The number of nitrogens with zero attached hydrogens (tertiary/aromatic N) is 1. The molecule has 0 saturated heterocycles. The molecular formula is C14H11Br2NO. The molecule has 0 spiro atoms. The lowest BCUT2D eigenvalue weighted by Crippen LogP contribution is -1.94. The molecule has 18 heavy (non-hydrogen) atoms. The Hall–Kier alpha value is -1.13. The summed E-state index contributed by atoms with van der Waals surface area (Å²) in [5, 5.41) is 0. The van der Waals surface area contributed by atoms with Crippen molar-refractivity contribution in [2.45, 2.75) is 0 Å². The maximum atomic E-state index is 11.9. The van der Waals surface area contributed by atoms with E-state index in [1.807, 2.05) is 54.1 Å². The van der Waals surface area contributed by atoms with Gasteiger partial charge in [-0.3, -0.25) is 4.79 Å². The third kappa shape index (κ3) is 2.82. The minimum Gasteiger partial charge on any atom is -0.338 e. The van der Waals surface area contributed by atoms with Crippen LogP contribution < -0.4 is 0 Å². The average Bonchev–Trinajstić information content (AvgIpc) is 2.64. The first kappa shape index (κ1) is 13.3. The van der Waals surface area contributed by atoms with Gasteiger partial charge in [0.05, 0.1) is 9.08 Å². The van der Waals surface area contributed by atoms with Gasteiger partial charge in [-0.1, -0.05) is 30.3 Å². The Morgan fingerprint density at radius 1 is 1.22 bits per heavy atom. The Labute approximate surface area is 123 Å². The van der Waals surface area contributed by atoms with E-state index in [-0.39, 0.29) is 5.78 Å². The monoisotopic (exact) mass is 367 g/mol. The lowest BCUT2D eigenvalue weighted by Gasteiger charge is -1.98. The van der Waals surface area contributed by atoms with Crippen LogP contribution in [0.15, 0.2) is 51.6 Å². The van der Waals surface area contributed by atoms with Crippen LogP contribution in [0, 0.1) is 0 Å². The zero-order valence-corrected chi connectivity index (χ0v) is 12.9. The minimum absolute atomic E-state index is 0.00375. The number of benzene rings is 1. The van der Waals surface area contributed by atoms with Gasteiger partial charge in [0, 0.05) is 18.3 Å². The molecule has 0 saturated carbocycles. The van der Waals surface area contributed by atoms with Crippen molar-refractivity contribution in [2.75, 3.05) is 0 Å². The van der Waals surface area contributed by atoms with Gasteiger partial charge in [0.2, 0.25) is 0 Å². The third-order valence-corrected chi connectivity index (χ3v) is 4.71. The van der Waals surface area contributed by atoms with Crippen LogP contribution in [0.2, 0.25) is 0 Å². The number of ketones is 1. The predicted molar refractivity (Wildman–Crippen MR) is 80.6 cm³/mol. The molecule has 1 heterocycles. The van der Waals surface area contributed by atoms with E-state index in [2.05, 4.69) is 31.9 Å². The number of carbonyl (C=O) groups excluding carboxylic acids is 1. The number of hydrogen-bond acceptors (Lipinski definition) is 1. The Morgan fingerprint density at radius 3 is 2.44 bits per heavy atom. The van der Waals surface area contributed by atoms with E-state index < -0.39 is 0 Å². The highest BCUT2D eigenvalue weighted by Crippen LogP contribution is 2.26. The van der Waals surface area contributed by atoms with Gasteiger partial charge < -0.3 is 4.57 Å². The number of carbonyl (C=O) groups is 1. The molecule has 1 aromatic carbocycles. The van der Waals surface area contributed by atoms with Crippen molar-refractivity contribution in [1.82, 2.24) is 4.57 Å². The molecule has 0 atom stereocenters. The summed E-state index contributed by atoms with van der Waals surface area (Å²) in [6, 6.07) is 11.2. The second kappa shape index (κ2) is 5.67. The normalized spacial score (nSPS) is 11.1. The molecule has 0 unspecified atom stereocenters. The van der Waals surface area contributed by atoms with Crippen LogP contribution in [0.1, 0.15) is 16.1 Å². The maximum absolute atomic E-state index is 11.9. The van der Waals surface area contributed by atoms with E-state index in [0.717, 1.165) is 14.8 Å². The summed E-state index contributed by atoms with van der Waals surface area (Å²) in [6.07, 6.45) is 3.40. The quantitative estimate of drug-likeness (QED) is 0.579. The van der Waals surface area contributed by atoms with Crippen molar-refractivity contribution in [3.05, 3.63) is 62.8 Å². The van der Waals surface area contributed by atoms with E-state index in [9.17, 15) is 4.79 Å². The smallest absolute Gasteiger partial charge is 0.185 e. The van der Waals surface area contributed by atoms with Crippen molar-refractivity contribution < 1.29 is 4.79 Å². The molecule has 0 N–H and O–H groups in total. The molecule has 0 aliphatic carbocycles. The Morgan fingerprint density at radius 2 is 1.89 bits per heavy atom. The first-order valence-electron chi connectivity index (χ1n) is 5.38. The Bertz CT molecular complexity index is 600. The van der Waals surface area contributed by atoms with Gasteiger partial charge in [-0.05, 0) is 50.1 Å². The fourth-order valence-corrected chi connectivity index (χ4v) is 2.40. The largest absolute Gasteiger partial charge is 0.338 e. The first-order valence-corrected chi connectivity index (χ1v) is 6.96. The van der Waals surface area contributed by atoms with Crippen molar-refractivity contribution in [3.8, 4) is 0 Å². The van der Waals surface area contributed by atoms with Crippen LogP contribution in [0.5, 0.6) is 0 Å². The Balaban J connectivity index is 2.21. The fourth-order valence-electron chi connectivity index (χ4n) is 1.58. The van der Waals surface area contributed by atoms with Crippen molar-refractivity contribution >= 4 is 43.7 Å². The molecule has 2 rings (SSSR count). The molecule has 0 fully saturated rings. The van der Waals surface area contributed by atoms with Crippen molar-refractivity contribution in [1.29, 1.82) is 0 Å². The van der Waals surface area contributed by atoms with Crippen LogP contribution in [0.25, 0.3) is 6.08 Å². The number of aromatic nitrogens is 1. The summed E-state index contributed by atoms with van der Waals surface area (Å²) >= 11 is 6.88. The topological polar surface area (TPSA) is 22.0 Å². The second-order valence-corrected chi connectivity index (χ2v) is 5.44. The van der Waals surface area contributed by atoms with Crippen LogP contribution in [-0.4, -0.2) is 10.4 Å². The number of allylic oxidation sites excluding steroid dienone is 1. The van der Waals surface area contributed by atoms with Crippen LogP contribution in [0.3, 0.4) is 0 Å². The molecule has 2 aromatic rings. The van der Waals surface area contributed by atoms with E-state index in [1.165, 1.54) is 0 Å². The summed E-state index contributed by atoms with van der Waals surface area (Å²) < 4.78 is 3.88. The standard InChI is InChI=1S/C14H11Br2NO/c1-17-11(9-12(15)14(17)16)7-8-13(18)10-5-3-2-4-6-10/h2-9H,1H3/b8-7+. The van der Waals surface area contributed by atoms with Crippen LogP contribution >= 0.6 is 31.9 Å². The summed E-state index contributed by atoms with van der Waals surface area (Å²) in [5.74, 6) is 0.00375. The van der Waals surface area contributed by atoms with Crippen molar-refractivity contribution in [2.24, 2.45) is 7.05 Å². The van der Waals surface area contributed by atoms with Gasteiger partial charge in [0.15, 0.2) is 5.78 Å². The van der Waals surface area contributed by atoms with Crippen LogP contribution in [0.4, 0.5) is 0 Å². The zero-order chi connectivity index (χ0) is 13.1. The van der Waals surface area contributed by atoms with Gasteiger partial charge in [-0.2, -0.15) is 0 Å². The van der Waals surface area contributed by atoms with Gasteiger partial charge in [0.1, 0.15) is 0 Å². The molecule has 0 amide bonds. The summed E-state index contributed by atoms with van der Waals surface area (Å²) in [5.41, 5.74) is 1.65. The van der Waals surface area contributed by atoms with E-state index >= 15 is 0 Å². The summed E-state index contributed by atoms with van der Waals surface area (Å²) in [6.45, 7) is 0. The highest BCUT2D eigenvalue weighted by atomic mass is 79.9. The van der Waals surface area contributed by atoms with E-state index in [1.54, 1.807) is 6.08 Å². The number of halogens is 2. The predicted octanol–water partition coefficient (Wildman–Crippen LogP) is 4.45. The van der Waals surface area contributed by atoms with E-state index in [0.29, 0.717) is 5.56 Å². The minimum atomic E-state index is 0.00375. The van der Waals surface area contributed by atoms with Gasteiger partial charge in [0.25, 0.3) is 0 Å². The molecule has 4 heteroatoms. The average molecular weight is 369 g/mol. The van der Waals surface area contributed by atoms with E-state index in [4.69, 9.17) is 0 Å². The molecule has 0 aliphatic heterocycles. The molecule has 0 radical (unpaired) electrons. The van der Waals surface area contributed by atoms with Crippen LogP contribution in [-0.2, 0) is 7.05 Å². The molecule has 92 valence electrons. The molecule has 0 bridgehead atoms.